The predicted molar refractivity (Wildman–Crippen MR) is 52.1 cm³/mol. The Balaban J connectivity index is 2.20. The fraction of sp³-hybridized carbons (Fsp3) is 0.900. The molecule has 2 fully saturated rings. The van der Waals surface area contributed by atoms with Crippen LogP contribution < -0.4 is 0 Å². The molecule has 0 aromatic heterocycles. The minimum atomic E-state index is -0.782. The lowest BCUT2D eigenvalue weighted by molar-refractivity contribution is -0.159. The SMILES string of the molecule is CCN1C[C@@H](O)[C@H]2OC(C)(C)O[C@H]2C1=O. The van der Waals surface area contributed by atoms with Gasteiger partial charge >= 0.3 is 0 Å². The number of rotatable bonds is 1. The molecule has 0 aromatic carbocycles. The van der Waals surface area contributed by atoms with Crippen molar-refractivity contribution in [2.24, 2.45) is 0 Å². The third-order valence-electron chi connectivity index (χ3n) is 2.85. The zero-order valence-corrected chi connectivity index (χ0v) is 9.27. The van der Waals surface area contributed by atoms with E-state index >= 15 is 0 Å². The van der Waals surface area contributed by atoms with Crippen LogP contribution >= 0.6 is 0 Å². The molecule has 86 valence electrons. The summed E-state index contributed by atoms with van der Waals surface area (Å²) in [6.45, 7) is 6.30. The van der Waals surface area contributed by atoms with E-state index in [4.69, 9.17) is 9.47 Å². The second kappa shape index (κ2) is 3.43. The van der Waals surface area contributed by atoms with E-state index in [-0.39, 0.29) is 5.91 Å². The molecule has 5 heteroatoms. The first-order chi connectivity index (χ1) is 6.94. The van der Waals surface area contributed by atoms with Crippen LogP contribution in [0.4, 0.5) is 0 Å². The molecule has 2 rings (SSSR count). The maximum absolute atomic E-state index is 11.9. The van der Waals surface area contributed by atoms with Gasteiger partial charge in [0.1, 0.15) is 12.2 Å². The van der Waals surface area contributed by atoms with Gasteiger partial charge in [-0.2, -0.15) is 0 Å². The van der Waals surface area contributed by atoms with Crippen molar-refractivity contribution in [3.8, 4) is 0 Å². The minimum Gasteiger partial charge on any atom is -0.388 e. The summed E-state index contributed by atoms with van der Waals surface area (Å²) in [6, 6.07) is 0. The first-order valence-electron chi connectivity index (χ1n) is 5.27. The van der Waals surface area contributed by atoms with Crippen molar-refractivity contribution in [2.75, 3.05) is 13.1 Å². The summed E-state index contributed by atoms with van der Waals surface area (Å²) in [5.41, 5.74) is 0. The monoisotopic (exact) mass is 215 g/mol. The van der Waals surface area contributed by atoms with Crippen LogP contribution in [0, 0.1) is 0 Å². The molecule has 0 bridgehead atoms. The maximum atomic E-state index is 11.9. The molecule has 2 heterocycles. The van der Waals surface area contributed by atoms with Crippen LogP contribution in [0.15, 0.2) is 0 Å². The average molecular weight is 215 g/mol. The highest BCUT2D eigenvalue weighted by molar-refractivity contribution is 5.83. The van der Waals surface area contributed by atoms with E-state index in [0.29, 0.717) is 13.1 Å². The van der Waals surface area contributed by atoms with E-state index in [1.807, 2.05) is 6.92 Å². The van der Waals surface area contributed by atoms with Gasteiger partial charge < -0.3 is 19.5 Å². The molecule has 0 aliphatic carbocycles. The van der Waals surface area contributed by atoms with Crippen molar-refractivity contribution >= 4 is 5.91 Å². The van der Waals surface area contributed by atoms with Gasteiger partial charge in [0.2, 0.25) is 0 Å². The molecule has 0 unspecified atom stereocenters. The zero-order valence-electron chi connectivity index (χ0n) is 9.27. The van der Waals surface area contributed by atoms with Gasteiger partial charge in [0.05, 0.1) is 0 Å². The largest absolute Gasteiger partial charge is 0.388 e. The Kier molecular flexibility index (Phi) is 2.48. The van der Waals surface area contributed by atoms with Crippen molar-refractivity contribution in [2.45, 2.75) is 44.9 Å². The summed E-state index contributed by atoms with van der Waals surface area (Å²) < 4.78 is 11.0. The normalized spacial score (nSPS) is 39.3. The number of piperidine rings is 1. The highest BCUT2D eigenvalue weighted by atomic mass is 16.8. The molecule has 2 aliphatic heterocycles. The van der Waals surface area contributed by atoms with Crippen molar-refractivity contribution in [1.29, 1.82) is 0 Å². The van der Waals surface area contributed by atoms with E-state index < -0.39 is 24.1 Å². The number of likely N-dealkylation sites (N-methyl/N-ethyl adjacent to an activating group) is 1. The van der Waals surface area contributed by atoms with Crippen LogP contribution in [0.25, 0.3) is 0 Å². The number of likely N-dealkylation sites (tertiary alicyclic amines) is 1. The molecule has 1 amide bonds. The minimum absolute atomic E-state index is 0.0848. The first-order valence-corrected chi connectivity index (χ1v) is 5.27. The maximum Gasteiger partial charge on any atom is 0.254 e. The molecule has 15 heavy (non-hydrogen) atoms. The molecular weight excluding hydrogens is 198 g/mol. The second-order valence-electron chi connectivity index (χ2n) is 4.46. The quantitative estimate of drug-likeness (QED) is 0.654. The number of nitrogens with zero attached hydrogens (tertiary/aromatic N) is 1. The molecular formula is C10H17NO4. The van der Waals surface area contributed by atoms with E-state index in [1.54, 1.807) is 18.7 Å². The third kappa shape index (κ3) is 1.75. The third-order valence-corrected chi connectivity index (χ3v) is 2.85. The molecule has 0 spiro atoms. The topological polar surface area (TPSA) is 59.0 Å². The summed E-state index contributed by atoms with van der Waals surface area (Å²) >= 11 is 0. The number of amides is 1. The Morgan fingerprint density at radius 1 is 1.53 bits per heavy atom. The van der Waals surface area contributed by atoms with Gasteiger partial charge in [-0.25, -0.2) is 0 Å². The van der Waals surface area contributed by atoms with E-state index in [9.17, 15) is 9.90 Å². The molecule has 3 atom stereocenters. The fourth-order valence-electron chi connectivity index (χ4n) is 2.15. The van der Waals surface area contributed by atoms with Gasteiger partial charge in [-0.15, -0.1) is 0 Å². The summed E-state index contributed by atoms with van der Waals surface area (Å²) in [5, 5.41) is 9.83. The molecule has 0 radical (unpaired) electrons. The first kappa shape index (κ1) is 10.9. The number of aliphatic hydroxyl groups is 1. The van der Waals surface area contributed by atoms with Crippen LogP contribution in [0.1, 0.15) is 20.8 Å². The van der Waals surface area contributed by atoms with Crippen molar-refractivity contribution in [1.82, 2.24) is 4.90 Å². The highest BCUT2D eigenvalue weighted by Gasteiger charge is 2.52. The summed E-state index contributed by atoms with van der Waals surface area (Å²) in [5.74, 6) is -0.867. The standard InChI is InChI=1S/C10H17NO4/c1-4-11-5-6(12)7-8(9(11)13)15-10(2,3)14-7/h6-8,12H,4-5H2,1-3H3/t6-,7-,8-/m1/s1. The van der Waals surface area contributed by atoms with Crippen LogP contribution in [0.3, 0.4) is 0 Å². The van der Waals surface area contributed by atoms with Gasteiger partial charge in [0, 0.05) is 13.1 Å². The molecule has 1 N–H and O–H groups in total. The lowest BCUT2D eigenvalue weighted by atomic mass is 10.0. The second-order valence-corrected chi connectivity index (χ2v) is 4.46. The summed E-state index contributed by atoms with van der Waals surface area (Å²) in [4.78, 5) is 13.5. The molecule has 0 aromatic rings. The van der Waals surface area contributed by atoms with Crippen LogP contribution in [-0.4, -0.2) is 53.1 Å². The van der Waals surface area contributed by atoms with E-state index in [2.05, 4.69) is 0 Å². The Morgan fingerprint density at radius 3 is 2.80 bits per heavy atom. The Labute approximate surface area is 89.0 Å². The van der Waals surface area contributed by atoms with Crippen LogP contribution in [-0.2, 0) is 14.3 Å². The number of hydrogen-bond acceptors (Lipinski definition) is 4. The van der Waals surface area contributed by atoms with Gasteiger partial charge in [0.15, 0.2) is 11.9 Å². The van der Waals surface area contributed by atoms with Crippen molar-refractivity contribution in [3.05, 3.63) is 0 Å². The van der Waals surface area contributed by atoms with E-state index in [0.717, 1.165) is 0 Å². The fourth-order valence-corrected chi connectivity index (χ4v) is 2.15. The molecule has 0 saturated carbocycles. The average Bonchev–Trinajstić information content (AvgIpc) is 2.48. The van der Waals surface area contributed by atoms with Gasteiger partial charge in [-0.3, -0.25) is 4.79 Å². The Bertz CT molecular complexity index is 279. The molecule has 2 aliphatic rings. The lowest BCUT2D eigenvalue weighted by Crippen LogP contribution is -2.57. The van der Waals surface area contributed by atoms with Crippen LogP contribution in [0.2, 0.25) is 0 Å². The highest BCUT2D eigenvalue weighted by Crippen LogP contribution is 2.33. The van der Waals surface area contributed by atoms with Gasteiger partial charge in [-0.05, 0) is 20.8 Å². The predicted octanol–water partition coefficient (Wildman–Crippen LogP) is -0.271. The van der Waals surface area contributed by atoms with Crippen molar-refractivity contribution < 1.29 is 19.4 Å². The zero-order chi connectivity index (χ0) is 11.2. The number of hydrogen-bond donors (Lipinski definition) is 1. The summed E-state index contributed by atoms with van der Waals surface area (Å²) in [7, 11) is 0. The lowest BCUT2D eigenvalue weighted by Gasteiger charge is -2.35. The molecule has 5 nitrogen and oxygen atoms in total. The number of fused-ring (bicyclic) bond motifs is 1. The van der Waals surface area contributed by atoms with Crippen molar-refractivity contribution in [3.63, 3.8) is 0 Å². The smallest absolute Gasteiger partial charge is 0.254 e. The number of aliphatic hydroxyl groups excluding tert-OH is 1. The number of carbonyl (C=O) groups excluding carboxylic acids is 1. The number of carbonyl (C=O) groups is 1. The van der Waals surface area contributed by atoms with Gasteiger partial charge in [0.25, 0.3) is 5.91 Å². The number of ether oxygens (including phenoxy) is 2. The van der Waals surface area contributed by atoms with Crippen LogP contribution in [0.5, 0.6) is 0 Å². The Hall–Kier alpha value is -0.650. The molecule has 2 saturated heterocycles. The van der Waals surface area contributed by atoms with Gasteiger partial charge in [-0.1, -0.05) is 0 Å². The van der Waals surface area contributed by atoms with E-state index in [1.165, 1.54) is 0 Å². The summed E-state index contributed by atoms with van der Waals surface area (Å²) in [6.07, 6.45) is -1.83. The number of β-amino-alcohol motifs (C(OH)–C–C–N with tert-alkyl or cyclic N) is 1. The Morgan fingerprint density at radius 2 is 2.20 bits per heavy atom.